The van der Waals surface area contributed by atoms with Crippen LogP contribution in [0.4, 0.5) is 5.13 Å². The number of hydrogen-bond donors (Lipinski definition) is 3. The summed E-state index contributed by atoms with van der Waals surface area (Å²) < 4.78 is 35.5. The minimum Gasteiger partial charge on any atom is -0.467 e. The summed E-state index contributed by atoms with van der Waals surface area (Å²) in [6.07, 6.45) is -0.211. The topological polar surface area (TPSA) is 169 Å². The Morgan fingerprint density at radius 3 is 2.70 bits per heavy atom. The quantitative estimate of drug-likeness (QED) is 0.302. The maximum Gasteiger partial charge on any atom is 0.363 e. The zero-order valence-electron chi connectivity index (χ0n) is 11.6. The standard InChI is InChI=1S/C10H12N4O7S2/c1-21-9(17)7-6(8(16)14(7)23(18,19)20)13-5(15)2-4-3-22-10(11)12-4/h3,6-7H,2H2,1H3,(H2,11,12)(H,13,15)(H,18,19,20). The maximum atomic E-state index is 11.9. The van der Waals surface area contributed by atoms with Crippen LogP contribution in [0.2, 0.25) is 0 Å². The number of carbonyl (C=O) groups excluding carboxylic acids is 3. The van der Waals surface area contributed by atoms with Gasteiger partial charge in [0.1, 0.15) is 6.04 Å². The van der Waals surface area contributed by atoms with Crippen molar-refractivity contribution >= 4 is 44.6 Å². The van der Waals surface area contributed by atoms with Crippen molar-refractivity contribution in [3.63, 3.8) is 0 Å². The predicted molar refractivity (Wildman–Crippen MR) is 76.4 cm³/mol. The second-order valence-electron chi connectivity index (χ2n) is 4.48. The molecule has 11 nitrogen and oxygen atoms in total. The molecule has 1 aliphatic heterocycles. The molecule has 1 fully saturated rings. The first-order chi connectivity index (χ1) is 10.6. The number of esters is 1. The van der Waals surface area contributed by atoms with E-state index in [0.717, 1.165) is 18.4 Å². The minimum atomic E-state index is -4.94. The number of hydrogen-bond acceptors (Lipinski definition) is 9. The van der Waals surface area contributed by atoms with Crippen molar-refractivity contribution in [2.75, 3.05) is 12.8 Å². The number of nitrogens with two attached hydrogens (primary N) is 1. The number of ether oxygens (including phenoxy) is 1. The molecular formula is C10H12N4O7S2. The largest absolute Gasteiger partial charge is 0.467 e. The first-order valence-corrected chi connectivity index (χ1v) is 8.30. The van der Waals surface area contributed by atoms with Crippen molar-refractivity contribution in [2.24, 2.45) is 0 Å². The molecule has 0 aromatic carbocycles. The number of thiazole rings is 1. The van der Waals surface area contributed by atoms with E-state index >= 15 is 0 Å². The van der Waals surface area contributed by atoms with Crippen molar-refractivity contribution in [3.8, 4) is 0 Å². The number of anilines is 1. The van der Waals surface area contributed by atoms with Gasteiger partial charge < -0.3 is 15.8 Å². The van der Waals surface area contributed by atoms with Crippen LogP contribution in [0.1, 0.15) is 5.69 Å². The van der Waals surface area contributed by atoms with E-state index in [1.165, 1.54) is 0 Å². The summed E-state index contributed by atoms with van der Waals surface area (Å²) in [7, 11) is -3.96. The minimum absolute atomic E-state index is 0.0510. The van der Waals surface area contributed by atoms with Gasteiger partial charge >= 0.3 is 16.3 Å². The van der Waals surface area contributed by atoms with Gasteiger partial charge in [0.25, 0.3) is 5.91 Å². The molecule has 4 N–H and O–H groups in total. The zero-order valence-corrected chi connectivity index (χ0v) is 13.3. The Bertz CT molecular complexity index is 759. The smallest absolute Gasteiger partial charge is 0.363 e. The average Bonchev–Trinajstić information content (AvgIpc) is 2.84. The number of carbonyl (C=O) groups is 3. The van der Waals surface area contributed by atoms with Gasteiger partial charge in [0.05, 0.1) is 19.2 Å². The van der Waals surface area contributed by atoms with Crippen LogP contribution in [0.25, 0.3) is 0 Å². The summed E-state index contributed by atoms with van der Waals surface area (Å²) in [5.41, 5.74) is 5.78. The molecule has 2 rings (SSSR count). The molecule has 0 aliphatic carbocycles. The third-order valence-corrected chi connectivity index (χ3v) is 4.60. The summed E-state index contributed by atoms with van der Waals surface area (Å²) in [5.74, 6) is -2.91. The SMILES string of the molecule is COC(=O)C1C(NC(=O)Cc2csc(N)n2)C(=O)N1S(=O)(=O)O. The highest BCUT2D eigenvalue weighted by molar-refractivity contribution is 7.84. The number of aromatic nitrogens is 1. The number of methoxy groups -OCH3 is 1. The second-order valence-corrected chi connectivity index (χ2v) is 6.66. The molecule has 13 heteroatoms. The van der Waals surface area contributed by atoms with Gasteiger partial charge in [-0.3, -0.25) is 14.1 Å². The van der Waals surface area contributed by atoms with E-state index in [1.807, 2.05) is 0 Å². The van der Waals surface area contributed by atoms with Gasteiger partial charge in [-0.05, 0) is 0 Å². The number of β-lactam (4-membered cyclic amide) rings is 1. The maximum absolute atomic E-state index is 11.9. The molecule has 1 aliphatic rings. The highest BCUT2D eigenvalue weighted by atomic mass is 32.2. The van der Waals surface area contributed by atoms with Crippen LogP contribution in [0.5, 0.6) is 0 Å². The summed E-state index contributed by atoms with van der Waals surface area (Å²) in [6.45, 7) is 0. The number of nitrogen functional groups attached to an aromatic ring is 1. The first kappa shape index (κ1) is 17.1. The lowest BCUT2D eigenvalue weighted by atomic mass is 9.98. The lowest BCUT2D eigenvalue weighted by Crippen LogP contribution is -2.74. The van der Waals surface area contributed by atoms with Crippen LogP contribution in [0, 0.1) is 0 Å². The van der Waals surface area contributed by atoms with Crippen molar-refractivity contribution in [1.29, 1.82) is 0 Å². The Labute approximate surface area is 134 Å². The van der Waals surface area contributed by atoms with E-state index in [4.69, 9.17) is 10.3 Å². The van der Waals surface area contributed by atoms with Crippen LogP contribution < -0.4 is 11.1 Å². The molecule has 0 spiro atoms. The third kappa shape index (κ3) is 3.40. The number of rotatable bonds is 5. The summed E-state index contributed by atoms with van der Waals surface area (Å²) in [6, 6.07) is -3.11. The number of nitrogens with zero attached hydrogens (tertiary/aromatic N) is 2. The Hall–Kier alpha value is -2.25. The Kier molecular flexibility index (Phi) is 4.53. The summed E-state index contributed by atoms with van der Waals surface area (Å²) >= 11 is 1.12. The zero-order chi connectivity index (χ0) is 17.4. The normalized spacial score (nSPS) is 20.8. The molecule has 2 amide bonds. The summed E-state index contributed by atoms with van der Waals surface area (Å²) in [5, 5.41) is 4.01. The van der Waals surface area contributed by atoms with E-state index in [2.05, 4.69) is 15.0 Å². The fourth-order valence-electron chi connectivity index (χ4n) is 2.01. The van der Waals surface area contributed by atoms with Gasteiger partial charge in [0, 0.05) is 5.38 Å². The third-order valence-electron chi connectivity index (χ3n) is 2.97. The van der Waals surface area contributed by atoms with Gasteiger partial charge in [0.2, 0.25) is 5.91 Å². The van der Waals surface area contributed by atoms with Crippen LogP contribution in [0.15, 0.2) is 5.38 Å². The average molecular weight is 364 g/mol. The summed E-state index contributed by atoms with van der Waals surface area (Å²) in [4.78, 5) is 39.1. The van der Waals surface area contributed by atoms with Crippen molar-refractivity contribution in [3.05, 3.63) is 11.1 Å². The molecule has 0 radical (unpaired) electrons. The van der Waals surface area contributed by atoms with Gasteiger partial charge in [-0.1, -0.05) is 0 Å². The van der Waals surface area contributed by atoms with Crippen molar-refractivity contribution in [1.82, 2.24) is 14.6 Å². The molecule has 0 saturated carbocycles. The molecule has 2 heterocycles. The van der Waals surface area contributed by atoms with E-state index in [-0.39, 0.29) is 15.9 Å². The van der Waals surface area contributed by atoms with Gasteiger partial charge in [-0.2, -0.15) is 12.7 Å². The second kappa shape index (κ2) is 6.10. The molecule has 0 bridgehead atoms. The molecule has 1 saturated heterocycles. The van der Waals surface area contributed by atoms with Crippen molar-refractivity contribution in [2.45, 2.75) is 18.5 Å². The highest BCUT2D eigenvalue weighted by Gasteiger charge is 2.58. The molecule has 126 valence electrons. The lowest BCUT2D eigenvalue weighted by Gasteiger charge is -2.41. The fourth-order valence-corrected chi connectivity index (χ4v) is 3.40. The fraction of sp³-hybridized carbons (Fsp3) is 0.400. The van der Waals surface area contributed by atoms with Crippen LogP contribution in [0.3, 0.4) is 0 Å². The first-order valence-electron chi connectivity index (χ1n) is 6.03. The van der Waals surface area contributed by atoms with Crippen molar-refractivity contribution < 1.29 is 32.1 Å². The van der Waals surface area contributed by atoms with E-state index < -0.39 is 40.2 Å². The molecule has 2 unspecified atom stereocenters. The lowest BCUT2D eigenvalue weighted by molar-refractivity contribution is -0.162. The predicted octanol–water partition coefficient (Wildman–Crippen LogP) is -2.06. The van der Waals surface area contributed by atoms with Gasteiger partial charge in [-0.15, -0.1) is 11.3 Å². The molecule has 2 atom stereocenters. The van der Waals surface area contributed by atoms with E-state index in [9.17, 15) is 22.8 Å². The number of nitrogens with one attached hydrogen (secondary N) is 1. The Morgan fingerprint density at radius 1 is 1.57 bits per heavy atom. The van der Waals surface area contributed by atoms with Crippen LogP contribution in [-0.2, 0) is 35.8 Å². The molecular weight excluding hydrogens is 352 g/mol. The van der Waals surface area contributed by atoms with E-state index in [0.29, 0.717) is 5.69 Å². The molecule has 1 aromatic rings. The van der Waals surface area contributed by atoms with Crippen LogP contribution >= 0.6 is 11.3 Å². The molecule has 1 aromatic heterocycles. The molecule has 23 heavy (non-hydrogen) atoms. The Balaban J connectivity index is 2.10. The van der Waals surface area contributed by atoms with E-state index in [1.54, 1.807) is 5.38 Å². The number of amides is 2. The Morgan fingerprint density at radius 2 is 2.22 bits per heavy atom. The van der Waals surface area contributed by atoms with Gasteiger partial charge in [0.15, 0.2) is 11.2 Å². The monoisotopic (exact) mass is 364 g/mol. The van der Waals surface area contributed by atoms with Crippen LogP contribution in [-0.4, -0.2) is 59.2 Å². The highest BCUT2D eigenvalue weighted by Crippen LogP contribution is 2.24. The van der Waals surface area contributed by atoms with Gasteiger partial charge in [-0.25, -0.2) is 9.78 Å².